The molecule has 1 aliphatic rings. The van der Waals surface area contributed by atoms with Crippen molar-refractivity contribution in [2.75, 3.05) is 13.1 Å². The Morgan fingerprint density at radius 1 is 1.43 bits per heavy atom. The van der Waals surface area contributed by atoms with Gasteiger partial charge in [0.2, 0.25) is 0 Å². The molecule has 0 atom stereocenters. The Morgan fingerprint density at radius 3 is 2.64 bits per heavy atom. The van der Waals surface area contributed by atoms with Crippen LogP contribution in [-0.2, 0) is 6.54 Å². The number of alkyl halides is 2. The number of likely N-dealkylation sites (tertiary alicyclic amines) is 1. The lowest BCUT2D eigenvalue weighted by molar-refractivity contribution is -0.133. The fourth-order valence-corrected chi connectivity index (χ4v) is 1.71. The van der Waals surface area contributed by atoms with Crippen LogP contribution in [0, 0.1) is 0 Å². The van der Waals surface area contributed by atoms with Gasteiger partial charge in [0, 0.05) is 12.7 Å². The minimum Gasteiger partial charge on any atom is -0.287 e. The average molecular weight is 263 g/mol. The number of pyridine rings is 1. The van der Waals surface area contributed by atoms with Crippen molar-refractivity contribution in [1.29, 1.82) is 0 Å². The Labute approximate surface area is 89.1 Å². The largest absolute Gasteiger partial charge is 0.287 e. The highest BCUT2D eigenvalue weighted by atomic mass is 79.9. The van der Waals surface area contributed by atoms with Gasteiger partial charge in [-0.05, 0) is 27.6 Å². The van der Waals surface area contributed by atoms with Gasteiger partial charge < -0.3 is 0 Å². The Bertz CT molecular complexity index is 318. The first kappa shape index (κ1) is 9.98. The Hall–Kier alpha value is -0.550. The van der Waals surface area contributed by atoms with Crippen molar-refractivity contribution < 1.29 is 8.78 Å². The summed E-state index contributed by atoms with van der Waals surface area (Å²) < 4.78 is 25.7. The Kier molecular flexibility index (Phi) is 2.53. The molecule has 2 heterocycles. The SMILES string of the molecule is FC1(F)CN(Cc2ccc(Br)nc2)C1. The second-order valence-electron chi connectivity index (χ2n) is 3.49. The second kappa shape index (κ2) is 3.55. The third kappa shape index (κ3) is 2.27. The summed E-state index contributed by atoms with van der Waals surface area (Å²) in [6.45, 7) is 0.280. The van der Waals surface area contributed by atoms with Crippen LogP contribution in [0.1, 0.15) is 5.56 Å². The predicted octanol–water partition coefficient (Wildman–Crippen LogP) is 2.29. The average Bonchev–Trinajstić information content (AvgIpc) is 2.06. The van der Waals surface area contributed by atoms with Crippen molar-refractivity contribution in [1.82, 2.24) is 9.88 Å². The van der Waals surface area contributed by atoms with Gasteiger partial charge in [0.15, 0.2) is 0 Å². The molecule has 2 rings (SSSR count). The highest BCUT2D eigenvalue weighted by molar-refractivity contribution is 9.10. The number of hydrogen-bond donors (Lipinski definition) is 0. The maximum absolute atomic E-state index is 12.5. The van der Waals surface area contributed by atoms with Gasteiger partial charge in [0.05, 0.1) is 13.1 Å². The molecule has 1 aromatic rings. The van der Waals surface area contributed by atoms with E-state index in [0.29, 0.717) is 6.54 Å². The van der Waals surface area contributed by atoms with Crippen LogP contribution in [0.5, 0.6) is 0 Å². The van der Waals surface area contributed by atoms with E-state index in [1.54, 1.807) is 11.1 Å². The lowest BCUT2D eigenvalue weighted by Gasteiger charge is -2.38. The van der Waals surface area contributed by atoms with Crippen LogP contribution < -0.4 is 0 Å². The van der Waals surface area contributed by atoms with Gasteiger partial charge in [-0.2, -0.15) is 0 Å². The highest BCUT2D eigenvalue weighted by Gasteiger charge is 2.43. The summed E-state index contributed by atoms with van der Waals surface area (Å²) in [5, 5.41) is 0. The molecular weight excluding hydrogens is 254 g/mol. The van der Waals surface area contributed by atoms with Gasteiger partial charge in [-0.15, -0.1) is 0 Å². The summed E-state index contributed by atoms with van der Waals surface area (Å²) in [5.74, 6) is -2.48. The zero-order valence-corrected chi connectivity index (χ0v) is 8.97. The molecule has 1 aromatic heterocycles. The summed E-state index contributed by atoms with van der Waals surface area (Å²) in [6, 6.07) is 3.70. The topological polar surface area (TPSA) is 16.1 Å². The van der Waals surface area contributed by atoms with E-state index in [1.807, 2.05) is 12.1 Å². The molecule has 0 saturated carbocycles. The summed E-state index contributed by atoms with van der Waals surface area (Å²) in [6.07, 6.45) is 1.69. The van der Waals surface area contributed by atoms with E-state index in [-0.39, 0.29) is 13.1 Å². The maximum Gasteiger partial charge on any atom is 0.272 e. The molecule has 0 N–H and O–H groups in total. The predicted molar refractivity (Wildman–Crippen MR) is 52.2 cm³/mol. The number of aromatic nitrogens is 1. The molecule has 5 heteroatoms. The van der Waals surface area contributed by atoms with Crippen molar-refractivity contribution in [3.05, 3.63) is 28.5 Å². The normalized spacial score (nSPS) is 20.5. The van der Waals surface area contributed by atoms with Crippen molar-refractivity contribution in [3.63, 3.8) is 0 Å². The van der Waals surface area contributed by atoms with Crippen LogP contribution in [0.3, 0.4) is 0 Å². The second-order valence-corrected chi connectivity index (χ2v) is 4.30. The monoisotopic (exact) mass is 262 g/mol. The van der Waals surface area contributed by atoms with Crippen molar-refractivity contribution >= 4 is 15.9 Å². The lowest BCUT2D eigenvalue weighted by atomic mass is 10.1. The molecule has 14 heavy (non-hydrogen) atoms. The van der Waals surface area contributed by atoms with E-state index < -0.39 is 5.92 Å². The van der Waals surface area contributed by atoms with Gasteiger partial charge in [-0.3, -0.25) is 4.90 Å². The number of rotatable bonds is 2. The standard InChI is InChI=1S/C9H9BrF2N2/c10-8-2-1-7(3-13-8)4-14-5-9(11,12)6-14/h1-3H,4-6H2. The van der Waals surface area contributed by atoms with Crippen LogP contribution in [0.15, 0.2) is 22.9 Å². The van der Waals surface area contributed by atoms with Crippen LogP contribution in [0.4, 0.5) is 8.78 Å². The molecule has 0 radical (unpaired) electrons. The lowest BCUT2D eigenvalue weighted by Crippen LogP contribution is -2.55. The van der Waals surface area contributed by atoms with Crippen LogP contribution >= 0.6 is 15.9 Å². The molecule has 0 unspecified atom stereocenters. The molecule has 76 valence electrons. The number of halogens is 3. The van der Waals surface area contributed by atoms with Crippen LogP contribution in [0.25, 0.3) is 0 Å². The summed E-state index contributed by atoms with van der Waals surface area (Å²) >= 11 is 3.22. The molecule has 2 nitrogen and oxygen atoms in total. The molecule has 0 aliphatic carbocycles. The number of hydrogen-bond acceptors (Lipinski definition) is 2. The van der Waals surface area contributed by atoms with E-state index in [0.717, 1.165) is 10.2 Å². The smallest absolute Gasteiger partial charge is 0.272 e. The minimum atomic E-state index is -2.48. The van der Waals surface area contributed by atoms with Crippen LogP contribution in [0.2, 0.25) is 0 Å². The molecule has 1 aliphatic heterocycles. The van der Waals surface area contributed by atoms with E-state index in [1.165, 1.54) is 0 Å². The summed E-state index contributed by atoms with van der Waals surface area (Å²) in [7, 11) is 0. The molecule has 1 fully saturated rings. The molecule has 0 spiro atoms. The van der Waals surface area contributed by atoms with Gasteiger partial charge in [0.25, 0.3) is 5.92 Å². The molecule has 1 saturated heterocycles. The first-order valence-electron chi connectivity index (χ1n) is 4.26. The zero-order chi connectivity index (χ0) is 10.2. The van der Waals surface area contributed by atoms with Crippen molar-refractivity contribution in [2.24, 2.45) is 0 Å². The summed E-state index contributed by atoms with van der Waals surface area (Å²) in [5.41, 5.74) is 0.962. The van der Waals surface area contributed by atoms with E-state index >= 15 is 0 Å². The Morgan fingerprint density at radius 2 is 2.14 bits per heavy atom. The first-order chi connectivity index (χ1) is 6.55. The van der Waals surface area contributed by atoms with Crippen molar-refractivity contribution in [3.8, 4) is 0 Å². The van der Waals surface area contributed by atoms with Crippen molar-refractivity contribution in [2.45, 2.75) is 12.5 Å². The zero-order valence-electron chi connectivity index (χ0n) is 7.38. The summed E-state index contributed by atoms with van der Waals surface area (Å²) in [4.78, 5) is 5.73. The molecule has 0 aromatic carbocycles. The Balaban J connectivity index is 1.90. The number of nitrogens with zero attached hydrogens (tertiary/aromatic N) is 2. The van der Waals surface area contributed by atoms with Gasteiger partial charge in [-0.1, -0.05) is 6.07 Å². The first-order valence-corrected chi connectivity index (χ1v) is 5.05. The van der Waals surface area contributed by atoms with Gasteiger partial charge in [-0.25, -0.2) is 13.8 Å². The molecule has 0 amide bonds. The maximum atomic E-state index is 12.5. The quantitative estimate of drug-likeness (QED) is 0.761. The molecule has 0 bridgehead atoms. The third-order valence-electron chi connectivity index (χ3n) is 2.10. The fraction of sp³-hybridized carbons (Fsp3) is 0.444. The minimum absolute atomic E-state index is 0.136. The van der Waals surface area contributed by atoms with E-state index in [4.69, 9.17) is 0 Å². The van der Waals surface area contributed by atoms with Gasteiger partial charge >= 0.3 is 0 Å². The molecular formula is C9H9BrF2N2. The fourth-order valence-electron chi connectivity index (χ4n) is 1.48. The highest BCUT2D eigenvalue weighted by Crippen LogP contribution is 2.27. The van der Waals surface area contributed by atoms with E-state index in [2.05, 4.69) is 20.9 Å². The third-order valence-corrected chi connectivity index (χ3v) is 2.57. The van der Waals surface area contributed by atoms with E-state index in [9.17, 15) is 8.78 Å². The van der Waals surface area contributed by atoms with Gasteiger partial charge in [0.1, 0.15) is 4.60 Å². The van der Waals surface area contributed by atoms with Crippen LogP contribution in [-0.4, -0.2) is 28.9 Å².